The second-order valence-corrected chi connectivity index (χ2v) is 40.6. The molecule has 2 aliphatic heterocycles. The van der Waals surface area contributed by atoms with Gasteiger partial charge >= 0.3 is 0 Å². The highest BCUT2D eigenvalue weighted by Gasteiger charge is 2.54. The lowest BCUT2D eigenvalue weighted by molar-refractivity contribution is 0.748. The minimum Gasteiger partial charge on any atom is -0.310 e. The summed E-state index contributed by atoms with van der Waals surface area (Å²) >= 11 is 1.86. The molecule has 0 amide bonds. The van der Waals surface area contributed by atoms with Gasteiger partial charge in [0, 0.05) is 92.1 Å². The first-order valence-electron chi connectivity index (χ1n) is 50.6. The zero-order valence-corrected chi connectivity index (χ0v) is 80.2. The third-order valence-electron chi connectivity index (χ3n) is 32.2. The molecule has 2 spiro atoms. The summed E-state index contributed by atoms with van der Waals surface area (Å²) in [5, 5.41) is 9.91. The first-order chi connectivity index (χ1) is 72.4. The maximum Gasteiger partial charge on any atom is 0.0755 e. The van der Waals surface area contributed by atoms with Crippen LogP contribution in [0.5, 0.6) is 0 Å². The molecule has 2 unspecified atom stereocenters. The number of anilines is 6. The van der Waals surface area contributed by atoms with Gasteiger partial charge in [0.25, 0.3) is 0 Å². The van der Waals surface area contributed by atoms with E-state index >= 15 is 0 Å². The Morgan fingerprint density at radius 1 is 0.171 bits per heavy atom. The van der Waals surface area contributed by atoms with Crippen LogP contribution in [0.25, 0.3) is 203 Å². The predicted molar refractivity (Wildman–Crippen MR) is 611 cm³/mol. The van der Waals surface area contributed by atoms with E-state index in [-0.39, 0.29) is 0 Å². The third kappa shape index (κ3) is 11.8. The number of fused-ring (bicyclic) bond motifs is 30. The Morgan fingerprint density at radius 2 is 0.541 bits per heavy atom. The Morgan fingerprint density at radius 3 is 1.15 bits per heavy atom. The van der Waals surface area contributed by atoms with Crippen molar-refractivity contribution in [3.63, 3.8) is 0 Å². The minimum absolute atomic E-state index is 0.659. The quantitative estimate of drug-likeness (QED) is 0.108. The molecule has 0 N–H and O–H groups in total. The standard InChI is InChI=1S/C140H87N5S/c1-4-31-88(32-5-1)92-35-26-37-96(81-92)104-41-12-20-56-126(104)141(100-70-63-90(64-71-100)94-69-80-135-117(83-94)113-46-15-25-62-134(113)146-135)103-75-78-110-108-44-11-17-51-119(108)140(125(110)87-103)121-53-19-24-60-131(121)145-132-61-30-47-106(136(132)115-49-29-55-123(140)138(115)145)98-68-79-129-116(84-98)112-76-67-95(85-133(112)143(129)99-39-8-3-9-40-99)91-65-72-101(73-66-91)142(127-57-21-13-42-105(127)97-38-27-36-93(82-97)89-33-6-2-7-34-89)102-74-77-109-107-43-10-16-50-118(107)139(124(109)86-102)120-52-18-23-59-130(120)144-128-58-22-14-45-111(128)114-48-28-54-122(139)137(114)144/h1-87H. The van der Waals surface area contributed by atoms with Gasteiger partial charge in [-0.2, -0.15) is 0 Å². The molecule has 23 aromatic carbocycles. The van der Waals surface area contributed by atoms with Crippen LogP contribution in [0.4, 0.5) is 34.1 Å². The van der Waals surface area contributed by atoms with Crippen LogP contribution < -0.4 is 9.80 Å². The Kier molecular flexibility index (Phi) is 17.9. The summed E-state index contributed by atoms with van der Waals surface area (Å²) in [4.78, 5) is 5.04. The van der Waals surface area contributed by atoms with Gasteiger partial charge in [0.2, 0.25) is 0 Å². The van der Waals surface area contributed by atoms with Gasteiger partial charge in [0.1, 0.15) is 0 Å². The maximum absolute atomic E-state index is 2.61. The molecule has 4 aliphatic rings. The number of aromatic nitrogens is 3. The summed E-state index contributed by atoms with van der Waals surface area (Å²) in [6.45, 7) is 0. The van der Waals surface area contributed by atoms with Gasteiger partial charge in [-0.25, -0.2) is 0 Å². The molecule has 146 heavy (non-hydrogen) atoms. The van der Waals surface area contributed by atoms with Crippen molar-refractivity contribution in [3.8, 4) is 117 Å². The molecule has 0 saturated carbocycles. The normalized spacial score (nSPS) is 14.4. The molecule has 0 saturated heterocycles. The van der Waals surface area contributed by atoms with Crippen LogP contribution in [-0.4, -0.2) is 13.7 Å². The monoisotopic (exact) mass is 1870 g/mol. The highest BCUT2D eigenvalue weighted by Crippen LogP contribution is 2.66. The highest BCUT2D eigenvalue weighted by molar-refractivity contribution is 7.25. The molecule has 678 valence electrons. The summed E-state index contributed by atoms with van der Waals surface area (Å²) in [6.07, 6.45) is 0. The van der Waals surface area contributed by atoms with Crippen LogP contribution in [0.1, 0.15) is 44.5 Å². The Balaban J connectivity index is 0.547. The summed E-state index contributed by atoms with van der Waals surface area (Å²) < 4.78 is 10.2. The van der Waals surface area contributed by atoms with Crippen molar-refractivity contribution in [2.75, 3.05) is 9.80 Å². The largest absolute Gasteiger partial charge is 0.310 e. The molecular formula is C140H87N5S. The average Bonchev–Trinajstić information content (AvgIpc) is 1.50. The minimum atomic E-state index is -0.749. The van der Waals surface area contributed by atoms with Crippen LogP contribution >= 0.6 is 11.3 Å². The maximum atomic E-state index is 2.61. The first-order valence-corrected chi connectivity index (χ1v) is 51.4. The van der Waals surface area contributed by atoms with Crippen molar-refractivity contribution < 1.29 is 0 Å². The Bertz CT molecular complexity index is 10200. The fraction of sp³-hybridized carbons (Fsp3) is 0.0143. The van der Waals surface area contributed by atoms with Gasteiger partial charge in [0.15, 0.2) is 0 Å². The number of thiophene rings is 1. The topological polar surface area (TPSA) is 21.3 Å². The fourth-order valence-electron chi connectivity index (χ4n) is 26.1. The van der Waals surface area contributed by atoms with Gasteiger partial charge in [-0.3, -0.25) is 0 Å². The second-order valence-electron chi connectivity index (χ2n) is 39.5. The molecule has 2 aliphatic carbocycles. The molecule has 2 atom stereocenters. The lowest BCUT2D eigenvalue weighted by Crippen LogP contribution is -2.33. The lowest BCUT2D eigenvalue weighted by Gasteiger charge is -2.40. The van der Waals surface area contributed by atoms with Crippen molar-refractivity contribution in [1.29, 1.82) is 0 Å². The molecular weight excluding hydrogens is 1780 g/mol. The molecule has 6 heterocycles. The number of hydrogen-bond acceptors (Lipinski definition) is 3. The van der Waals surface area contributed by atoms with E-state index in [9.17, 15) is 0 Å². The molecule has 0 radical (unpaired) electrons. The summed E-state index contributed by atoms with van der Waals surface area (Å²) in [7, 11) is 0. The van der Waals surface area contributed by atoms with Crippen molar-refractivity contribution >= 4 is 131 Å². The van der Waals surface area contributed by atoms with E-state index in [1.165, 1.54) is 192 Å². The third-order valence-corrected chi connectivity index (χ3v) is 33.4. The molecule has 4 aromatic heterocycles. The van der Waals surface area contributed by atoms with Crippen LogP contribution in [-0.2, 0) is 10.8 Å². The van der Waals surface area contributed by atoms with E-state index in [1.807, 2.05) is 11.3 Å². The molecule has 0 fully saturated rings. The first kappa shape index (κ1) is 82.1. The predicted octanol–water partition coefficient (Wildman–Crippen LogP) is 37.3. The zero-order chi connectivity index (χ0) is 95.6. The van der Waals surface area contributed by atoms with Crippen molar-refractivity contribution in [2.45, 2.75) is 10.8 Å². The molecule has 31 rings (SSSR count). The zero-order valence-electron chi connectivity index (χ0n) is 79.4. The Labute approximate surface area is 848 Å². The van der Waals surface area contributed by atoms with Crippen molar-refractivity contribution in [3.05, 3.63) is 572 Å². The van der Waals surface area contributed by atoms with E-state index in [4.69, 9.17) is 0 Å². The van der Waals surface area contributed by atoms with Crippen LogP contribution in [0.2, 0.25) is 0 Å². The number of rotatable bonds is 14. The molecule has 27 aromatic rings. The van der Waals surface area contributed by atoms with Gasteiger partial charge < -0.3 is 23.5 Å². The molecule has 5 nitrogen and oxygen atoms in total. The highest BCUT2D eigenvalue weighted by atomic mass is 32.1. The van der Waals surface area contributed by atoms with E-state index in [1.54, 1.807) is 0 Å². The van der Waals surface area contributed by atoms with E-state index in [0.717, 1.165) is 89.8 Å². The van der Waals surface area contributed by atoms with Gasteiger partial charge in [-0.1, -0.05) is 382 Å². The van der Waals surface area contributed by atoms with Gasteiger partial charge in [-0.15, -0.1) is 11.3 Å². The average molecular weight is 1870 g/mol. The Hall–Kier alpha value is -18.7. The summed E-state index contributed by atoms with van der Waals surface area (Å²) in [5.74, 6) is 0. The van der Waals surface area contributed by atoms with Crippen molar-refractivity contribution in [2.24, 2.45) is 0 Å². The summed E-state index contributed by atoms with van der Waals surface area (Å²) in [5.41, 5.74) is 46.9. The smallest absolute Gasteiger partial charge is 0.0755 e. The number of benzene rings is 23. The second kappa shape index (κ2) is 31.9. The molecule has 6 heteroatoms. The number of nitrogens with zero attached hydrogens (tertiary/aromatic N) is 5. The van der Waals surface area contributed by atoms with Gasteiger partial charge in [-0.05, 0) is 279 Å². The number of hydrogen-bond donors (Lipinski definition) is 0. The number of para-hydroxylation sites is 8. The van der Waals surface area contributed by atoms with E-state index in [0.29, 0.717) is 0 Å². The van der Waals surface area contributed by atoms with Crippen LogP contribution in [0.3, 0.4) is 0 Å². The fourth-order valence-corrected chi connectivity index (χ4v) is 27.2. The van der Waals surface area contributed by atoms with Crippen LogP contribution in [0.15, 0.2) is 528 Å². The van der Waals surface area contributed by atoms with Gasteiger partial charge in [0.05, 0.1) is 66.7 Å². The van der Waals surface area contributed by atoms with Crippen LogP contribution in [0, 0.1) is 0 Å². The van der Waals surface area contributed by atoms with E-state index in [2.05, 4.69) is 551 Å². The molecule has 0 bridgehead atoms. The van der Waals surface area contributed by atoms with Crippen molar-refractivity contribution in [1.82, 2.24) is 13.7 Å². The SMILES string of the molecule is c1ccc(-c2cccc(-c3ccccc3N(c3ccc(-c4ccc5c6cc(-c7cccc8c7c7cccc9c7n8-c7ccccc7C97c8ccccc8-c8ccc(N(c9ccc(-c%10ccc%11sc%12ccccc%12c%11c%10)cc9)c9ccccc9-c9cccc(-c%10ccccc%10)c9)cc87)ccc6n(-c6ccccc6)c5c4)cc3)c3ccc4c(c3)C3(c5ccccc5-4)c4ccccc4-n4c5ccccc5c5cccc3c54)c2)cc1. The summed E-state index contributed by atoms with van der Waals surface area (Å²) in [6, 6.07) is 199. The van der Waals surface area contributed by atoms with E-state index < -0.39 is 10.8 Å². The lowest BCUT2D eigenvalue weighted by atomic mass is 9.65.